The van der Waals surface area contributed by atoms with Gasteiger partial charge in [-0.05, 0) is 6.07 Å². The smallest absolute Gasteiger partial charge is 0.267 e. The summed E-state index contributed by atoms with van der Waals surface area (Å²) in [4.78, 5) is 14.2. The van der Waals surface area contributed by atoms with Crippen LogP contribution in [0, 0.1) is 0 Å². The molecule has 1 rings (SSSR count). The SMILES string of the molecule is COc1cnc(C(N)=O)cc1C(F)F. The third-order valence-corrected chi connectivity index (χ3v) is 1.61. The molecule has 0 atom stereocenters. The molecular weight excluding hydrogens is 194 g/mol. The van der Waals surface area contributed by atoms with E-state index in [9.17, 15) is 13.6 Å². The first-order chi connectivity index (χ1) is 6.56. The lowest BCUT2D eigenvalue weighted by Crippen LogP contribution is -2.13. The summed E-state index contributed by atoms with van der Waals surface area (Å²) in [7, 11) is 1.24. The van der Waals surface area contributed by atoms with Gasteiger partial charge in [-0.15, -0.1) is 0 Å². The molecule has 1 amide bonds. The van der Waals surface area contributed by atoms with Crippen LogP contribution in [-0.4, -0.2) is 18.0 Å². The minimum atomic E-state index is -2.73. The number of pyridine rings is 1. The van der Waals surface area contributed by atoms with Gasteiger partial charge in [-0.3, -0.25) is 4.79 Å². The molecule has 0 saturated heterocycles. The van der Waals surface area contributed by atoms with Gasteiger partial charge in [0.05, 0.1) is 18.9 Å². The quantitative estimate of drug-likeness (QED) is 0.798. The van der Waals surface area contributed by atoms with Crippen molar-refractivity contribution in [2.75, 3.05) is 7.11 Å². The van der Waals surface area contributed by atoms with E-state index in [1.54, 1.807) is 0 Å². The number of rotatable bonds is 3. The van der Waals surface area contributed by atoms with E-state index in [2.05, 4.69) is 9.72 Å². The summed E-state index contributed by atoms with van der Waals surface area (Å²) in [6.07, 6.45) is -1.69. The van der Waals surface area contributed by atoms with E-state index in [0.29, 0.717) is 0 Å². The van der Waals surface area contributed by atoms with E-state index in [-0.39, 0.29) is 11.4 Å². The Morgan fingerprint density at radius 1 is 1.64 bits per heavy atom. The Labute approximate surface area is 78.7 Å². The molecule has 0 aliphatic heterocycles. The van der Waals surface area contributed by atoms with Crippen LogP contribution in [0.15, 0.2) is 12.3 Å². The zero-order valence-electron chi connectivity index (χ0n) is 7.33. The first kappa shape index (κ1) is 10.4. The summed E-state index contributed by atoms with van der Waals surface area (Å²) < 4.78 is 29.4. The lowest BCUT2D eigenvalue weighted by molar-refractivity contribution is 0.0994. The average molecular weight is 202 g/mol. The molecule has 0 spiro atoms. The highest BCUT2D eigenvalue weighted by molar-refractivity contribution is 5.91. The van der Waals surface area contributed by atoms with Crippen LogP contribution in [0.2, 0.25) is 0 Å². The van der Waals surface area contributed by atoms with Crippen molar-refractivity contribution in [1.29, 1.82) is 0 Å². The Kier molecular flexibility index (Phi) is 2.95. The molecule has 1 aromatic heterocycles. The lowest BCUT2D eigenvalue weighted by atomic mass is 10.2. The van der Waals surface area contributed by atoms with Gasteiger partial charge >= 0.3 is 0 Å². The monoisotopic (exact) mass is 202 g/mol. The largest absolute Gasteiger partial charge is 0.495 e. The van der Waals surface area contributed by atoms with Crippen LogP contribution >= 0.6 is 0 Å². The number of hydrogen-bond donors (Lipinski definition) is 1. The predicted molar refractivity (Wildman–Crippen MR) is 44.3 cm³/mol. The Morgan fingerprint density at radius 3 is 2.71 bits per heavy atom. The Bertz CT molecular complexity index is 355. The molecule has 0 aromatic carbocycles. The van der Waals surface area contributed by atoms with Crippen LogP contribution in [0.25, 0.3) is 0 Å². The molecule has 0 saturated carbocycles. The summed E-state index contributed by atoms with van der Waals surface area (Å²) in [6, 6.07) is 0.922. The third-order valence-electron chi connectivity index (χ3n) is 1.61. The van der Waals surface area contributed by atoms with E-state index < -0.39 is 17.9 Å². The van der Waals surface area contributed by atoms with E-state index in [4.69, 9.17) is 5.73 Å². The van der Waals surface area contributed by atoms with E-state index in [0.717, 1.165) is 12.3 Å². The molecule has 0 radical (unpaired) electrons. The average Bonchev–Trinajstić information content (AvgIpc) is 2.16. The molecule has 14 heavy (non-hydrogen) atoms. The standard InChI is InChI=1S/C8H8F2N2O2/c1-14-6-3-12-5(8(11)13)2-4(6)7(9)10/h2-3,7H,1H3,(H2,11,13). The normalized spacial score (nSPS) is 10.3. The number of nitrogens with two attached hydrogens (primary N) is 1. The van der Waals surface area contributed by atoms with Gasteiger partial charge in [0, 0.05) is 0 Å². The van der Waals surface area contributed by atoms with Crippen LogP contribution in [0.1, 0.15) is 22.5 Å². The fraction of sp³-hybridized carbons (Fsp3) is 0.250. The van der Waals surface area contributed by atoms with Gasteiger partial charge in [-0.2, -0.15) is 0 Å². The van der Waals surface area contributed by atoms with Crippen molar-refractivity contribution < 1.29 is 18.3 Å². The summed E-state index contributed by atoms with van der Waals surface area (Å²) in [5.74, 6) is -0.917. The minimum Gasteiger partial charge on any atom is -0.495 e. The van der Waals surface area contributed by atoms with Gasteiger partial charge < -0.3 is 10.5 Å². The number of carbonyl (C=O) groups excluding carboxylic acids is 1. The summed E-state index contributed by atoms with van der Waals surface area (Å²) >= 11 is 0. The van der Waals surface area contributed by atoms with Crippen molar-refractivity contribution in [3.63, 3.8) is 0 Å². The zero-order chi connectivity index (χ0) is 10.7. The van der Waals surface area contributed by atoms with Crippen LogP contribution in [0.4, 0.5) is 8.78 Å². The van der Waals surface area contributed by atoms with Crippen molar-refractivity contribution in [3.8, 4) is 5.75 Å². The molecular formula is C8H8F2N2O2. The molecule has 1 aromatic rings. The number of aromatic nitrogens is 1. The highest BCUT2D eigenvalue weighted by atomic mass is 19.3. The number of carbonyl (C=O) groups is 1. The summed E-state index contributed by atoms with van der Waals surface area (Å²) in [5, 5.41) is 0. The van der Waals surface area contributed by atoms with Crippen molar-refractivity contribution in [2.45, 2.75) is 6.43 Å². The lowest BCUT2D eigenvalue weighted by Gasteiger charge is -2.07. The number of primary amides is 1. The molecule has 76 valence electrons. The maximum atomic E-state index is 12.4. The number of halogens is 2. The van der Waals surface area contributed by atoms with Crippen LogP contribution in [0.3, 0.4) is 0 Å². The predicted octanol–water partition coefficient (Wildman–Crippen LogP) is 1.13. The van der Waals surface area contributed by atoms with Crippen molar-refractivity contribution in [3.05, 3.63) is 23.5 Å². The van der Waals surface area contributed by atoms with Gasteiger partial charge in [0.1, 0.15) is 11.4 Å². The number of methoxy groups -OCH3 is 1. The van der Waals surface area contributed by atoms with Crippen molar-refractivity contribution >= 4 is 5.91 Å². The highest BCUT2D eigenvalue weighted by Gasteiger charge is 2.16. The molecule has 0 aliphatic carbocycles. The maximum Gasteiger partial charge on any atom is 0.267 e. The fourth-order valence-corrected chi connectivity index (χ4v) is 0.934. The van der Waals surface area contributed by atoms with E-state index in [1.807, 2.05) is 0 Å². The molecule has 1 heterocycles. The fourth-order valence-electron chi connectivity index (χ4n) is 0.934. The Balaban J connectivity index is 3.20. The number of alkyl halides is 2. The van der Waals surface area contributed by atoms with Crippen LogP contribution in [0.5, 0.6) is 5.75 Å². The second kappa shape index (κ2) is 3.99. The number of ether oxygens (including phenoxy) is 1. The molecule has 0 aliphatic rings. The van der Waals surface area contributed by atoms with Crippen LogP contribution in [-0.2, 0) is 0 Å². The van der Waals surface area contributed by atoms with Gasteiger partial charge in [0.15, 0.2) is 0 Å². The molecule has 0 unspecified atom stereocenters. The molecule has 0 bridgehead atoms. The van der Waals surface area contributed by atoms with E-state index >= 15 is 0 Å². The first-order valence-corrected chi connectivity index (χ1v) is 3.68. The van der Waals surface area contributed by atoms with Gasteiger partial charge in [-0.25, -0.2) is 13.8 Å². The third kappa shape index (κ3) is 1.95. The number of nitrogens with zero attached hydrogens (tertiary/aromatic N) is 1. The highest BCUT2D eigenvalue weighted by Crippen LogP contribution is 2.28. The van der Waals surface area contributed by atoms with Gasteiger partial charge in [-0.1, -0.05) is 0 Å². The molecule has 6 heteroatoms. The van der Waals surface area contributed by atoms with Gasteiger partial charge in [0.2, 0.25) is 0 Å². The topological polar surface area (TPSA) is 65.2 Å². The van der Waals surface area contributed by atoms with Gasteiger partial charge in [0.25, 0.3) is 12.3 Å². The van der Waals surface area contributed by atoms with Crippen LogP contribution < -0.4 is 10.5 Å². The molecule has 2 N–H and O–H groups in total. The second-order valence-corrected chi connectivity index (χ2v) is 2.48. The Hall–Kier alpha value is -1.72. The van der Waals surface area contributed by atoms with Crippen molar-refractivity contribution in [2.24, 2.45) is 5.73 Å². The number of amides is 1. The Morgan fingerprint density at radius 2 is 2.29 bits per heavy atom. The van der Waals surface area contributed by atoms with E-state index in [1.165, 1.54) is 7.11 Å². The van der Waals surface area contributed by atoms with Crippen molar-refractivity contribution in [1.82, 2.24) is 4.98 Å². The second-order valence-electron chi connectivity index (χ2n) is 2.48. The zero-order valence-corrected chi connectivity index (χ0v) is 7.33. The minimum absolute atomic E-state index is 0.0648. The summed E-state index contributed by atoms with van der Waals surface area (Å²) in [6.45, 7) is 0. The first-order valence-electron chi connectivity index (χ1n) is 3.68. The molecule has 4 nitrogen and oxygen atoms in total. The maximum absolute atomic E-state index is 12.4. The summed E-state index contributed by atoms with van der Waals surface area (Å²) in [5.41, 5.74) is 4.29. The number of hydrogen-bond acceptors (Lipinski definition) is 3. The molecule has 0 fully saturated rings.